The molecule has 0 spiro atoms. The quantitative estimate of drug-likeness (QED) is 0.145. The Labute approximate surface area is 335 Å². The summed E-state index contributed by atoms with van der Waals surface area (Å²) in [5, 5.41) is 6.83. The number of allylic oxidation sites excluding steroid dienone is 1. The van der Waals surface area contributed by atoms with Crippen molar-refractivity contribution < 1.29 is 4.42 Å². The number of hydrogen-bond donors (Lipinski definition) is 0. The minimum atomic E-state index is -0.280. The number of rotatable bonds is 8. The van der Waals surface area contributed by atoms with Crippen molar-refractivity contribution in [2.24, 2.45) is 0 Å². The molecule has 6 heteroatoms. The number of fused-ring (bicyclic) bond motifs is 12. The topological polar surface area (TPSA) is 61.7 Å². The third-order valence-electron chi connectivity index (χ3n) is 12.0. The van der Waals surface area contributed by atoms with Gasteiger partial charge in [-0.25, -0.2) is 15.0 Å². The lowest BCUT2D eigenvalue weighted by Crippen LogP contribution is -2.24. The Hall–Kier alpha value is -7.31. The molecule has 278 valence electrons. The van der Waals surface area contributed by atoms with Crippen LogP contribution in [0.2, 0.25) is 0 Å². The molecule has 1 unspecified atom stereocenters. The molecular weight excluding hydrogens is 711 g/mol. The van der Waals surface area contributed by atoms with Gasteiger partial charge in [0.1, 0.15) is 17.0 Å². The van der Waals surface area contributed by atoms with Crippen molar-refractivity contribution in [1.29, 1.82) is 0 Å². The van der Waals surface area contributed by atoms with E-state index in [0.717, 1.165) is 95.9 Å². The Morgan fingerprint density at radius 1 is 0.552 bits per heavy atom. The van der Waals surface area contributed by atoms with Crippen LogP contribution in [0.25, 0.3) is 99.7 Å². The zero-order chi connectivity index (χ0) is 39.0. The zero-order valence-corrected chi connectivity index (χ0v) is 32.4. The molecule has 4 heterocycles. The highest BCUT2D eigenvalue weighted by molar-refractivity contribution is 6.39. The fraction of sp³-hybridized carbons (Fsp3) is 0.0962. The molecule has 7 aromatic carbocycles. The second-order valence-corrected chi connectivity index (χ2v) is 15.4. The second kappa shape index (κ2) is 13.1. The molecule has 0 radical (unpaired) electrons. The first kappa shape index (κ1) is 34.0. The molecule has 0 fully saturated rings. The summed E-state index contributed by atoms with van der Waals surface area (Å²) in [5.41, 5.74) is 9.99. The average molecular weight is 750 g/mol. The largest absolute Gasteiger partial charge is 0.455 e. The summed E-state index contributed by atoms with van der Waals surface area (Å²) < 4.78 is 11.8. The molecular formula is C52H39N5O. The van der Waals surface area contributed by atoms with Gasteiger partial charge in [0.05, 0.1) is 32.8 Å². The number of aromatic nitrogens is 5. The van der Waals surface area contributed by atoms with Gasteiger partial charge in [0.15, 0.2) is 11.6 Å². The minimum Gasteiger partial charge on any atom is -0.455 e. The van der Waals surface area contributed by atoms with E-state index in [1.807, 2.05) is 24.3 Å². The molecule has 0 bridgehead atoms. The first-order chi connectivity index (χ1) is 28.6. The van der Waals surface area contributed by atoms with Gasteiger partial charge in [0, 0.05) is 49.5 Å². The van der Waals surface area contributed by atoms with Crippen LogP contribution in [0.5, 0.6) is 0 Å². The summed E-state index contributed by atoms with van der Waals surface area (Å²) in [4.78, 5) is 15.3. The van der Waals surface area contributed by atoms with Crippen LogP contribution in [0.15, 0.2) is 175 Å². The van der Waals surface area contributed by atoms with Gasteiger partial charge in [-0.05, 0) is 67.4 Å². The Bertz CT molecular complexity index is 3380. The lowest BCUT2D eigenvalue weighted by molar-refractivity contribution is 0.431. The van der Waals surface area contributed by atoms with Gasteiger partial charge in [0.2, 0.25) is 0 Å². The van der Waals surface area contributed by atoms with E-state index in [1.165, 1.54) is 10.8 Å². The first-order valence-corrected chi connectivity index (χ1v) is 19.9. The van der Waals surface area contributed by atoms with E-state index in [9.17, 15) is 0 Å². The van der Waals surface area contributed by atoms with E-state index in [-0.39, 0.29) is 5.41 Å². The van der Waals surface area contributed by atoms with Crippen LogP contribution in [0.4, 0.5) is 0 Å². The van der Waals surface area contributed by atoms with Gasteiger partial charge in [-0.15, -0.1) is 6.58 Å². The molecule has 6 nitrogen and oxygen atoms in total. The molecule has 11 rings (SSSR count). The van der Waals surface area contributed by atoms with Crippen LogP contribution in [0, 0.1) is 0 Å². The monoisotopic (exact) mass is 749 g/mol. The summed E-state index contributed by atoms with van der Waals surface area (Å²) in [7, 11) is 0. The van der Waals surface area contributed by atoms with Crippen molar-refractivity contribution in [2.75, 3.05) is 0 Å². The van der Waals surface area contributed by atoms with Crippen molar-refractivity contribution in [3.8, 4) is 34.2 Å². The molecule has 0 aliphatic rings. The van der Waals surface area contributed by atoms with Crippen LogP contribution < -0.4 is 0 Å². The molecule has 1 atom stereocenters. The Balaban J connectivity index is 1.22. The summed E-state index contributed by atoms with van der Waals surface area (Å²) >= 11 is 0. The van der Waals surface area contributed by atoms with Crippen molar-refractivity contribution in [1.82, 2.24) is 24.1 Å². The molecule has 0 saturated heterocycles. The summed E-state index contributed by atoms with van der Waals surface area (Å²) in [6.07, 6.45) is 3.60. The number of hydrogen-bond acceptors (Lipinski definition) is 4. The Morgan fingerprint density at radius 3 is 1.67 bits per heavy atom. The third-order valence-corrected chi connectivity index (χ3v) is 12.0. The van der Waals surface area contributed by atoms with E-state index < -0.39 is 0 Å². The Morgan fingerprint density at radius 2 is 1.05 bits per heavy atom. The van der Waals surface area contributed by atoms with E-state index in [0.29, 0.717) is 11.6 Å². The normalized spacial score (nSPS) is 13.0. The highest BCUT2D eigenvalue weighted by atomic mass is 16.3. The maximum absolute atomic E-state index is 6.95. The van der Waals surface area contributed by atoms with Crippen LogP contribution >= 0.6 is 0 Å². The van der Waals surface area contributed by atoms with E-state index in [1.54, 1.807) is 0 Å². The number of para-hydroxylation sites is 4. The van der Waals surface area contributed by atoms with Gasteiger partial charge in [0.25, 0.3) is 0 Å². The average Bonchev–Trinajstić information content (AvgIpc) is 3.95. The predicted octanol–water partition coefficient (Wildman–Crippen LogP) is 13.5. The maximum Gasteiger partial charge on any atom is 0.163 e. The van der Waals surface area contributed by atoms with Gasteiger partial charge in [-0.2, -0.15) is 0 Å². The van der Waals surface area contributed by atoms with E-state index >= 15 is 0 Å². The molecule has 58 heavy (non-hydrogen) atoms. The molecule has 0 aliphatic heterocycles. The molecule has 0 N–H and O–H groups in total. The van der Waals surface area contributed by atoms with Crippen molar-refractivity contribution >= 4 is 65.6 Å². The van der Waals surface area contributed by atoms with Gasteiger partial charge >= 0.3 is 0 Å². The fourth-order valence-corrected chi connectivity index (χ4v) is 8.96. The van der Waals surface area contributed by atoms with Crippen LogP contribution in [0.3, 0.4) is 0 Å². The predicted molar refractivity (Wildman–Crippen MR) is 239 cm³/mol. The molecule has 0 aliphatic carbocycles. The molecule has 0 saturated carbocycles. The standard InChI is InChI=1S/C52H39N5O/c1-4-32-52(3,5-2)51-54-49(33-18-8-6-9-19-33)53-50(55-51)34-28-30-36(31-29-34)57-41-26-16-13-23-38(41)44-46(57)43-37-22-12-15-25-40(37)56(35-20-10-7-11-21-35)47(43)45-39-24-14-17-27-42(39)58-48(44)45/h4,6-31H,1,5,32H2,2-3H3. The highest BCUT2D eigenvalue weighted by Crippen LogP contribution is 2.49. The van der Waals surface area contributed by atoms with E-state index in [2.05, 4.69) is 169 Å². The van der Waals surface area contributed by atoms with Crippen LogP contribution in [0.1, 0.15) is 32.5 Å². The van der Waals surface area contributed by atoms with Crippen molar-refractivity contribution in [3.05, 3.63) is 176 Å². The van der Waals surface area contributed by atoms with E-state index in [4.69, 9.17) is 19.4 Å². The summed E-state index contributed by atoms with van der Waals surface area (Å²) in [5.74, 6) is 2.10. The maximum atomic E-state index is 6.95. The molecule has 4 aromatic heterocycles. The lowest BCUT2D eigenvalue weighted by atomic mass is 9.83. The fourth-order valence-electron chi connectivity index (χ4n) is 8.96. The van der Waals surface area contributed by atoms with Gasteiger partial charge in [-0.3, -0.25) is 0 Å². The molecule has 11 aromatic rings. The summed E-state index contributed by atoms with van der Waals surface area (Å²) in [6, 6.07) is 55.4. The van der Waals surface area contributed by atoms with Gasteiger partial charge < -0.3 is 13.6 Å². The zero-order valence-electron chi connectivity index (χ0n) is 32.4. The SMILES string of the molecule is C=CCC(C)(CC)c1nc(-c2ccccc2)nc(-c2ccc(-n3c4ccccc4c4c5oc6ccccc6c5c5c(c6ccccc6n5-c5ccccc5)c43)cc2)n1. The van der Waals surface area contributed by atoms with Gasteiger partial charge in [-0.1, -0.05) is 123 Å². The van der Waals surface area contributed by atoms with Crippen LogP contribution in [-0.4, -0.2) is 24.1 Å². The highest BCUT2D eigenvalue weighted by Gasteiger charge is 2.30. The third kappa shape index (κ3) is 5.01. The first-order valence-electron chi connectivity index (χ1n) is 19.9. The van der Waals surface area contributed by atoms with Crippen molar-refractivity contribution in [3.63, 3.8) is 0 Å². The minimum absolute atomic E-state index is 0.280. The number of furan rings is 1. The lowest BCUT2D eigenvalue weighted by Gasteiger charge is -2.25. The number of nitrogens with zero attached hydrogens (tertiary/aromatic N) is 5. The second-order valence-electron chi connectivity index (χ2n) is 15.4. The Kier molecular flexibility index (Phi) is 7.70. The van der Waals surface area contributed by atoms with Crippen LogP contribution in [-0.2, 0) is 5.41 Å². The smallest absolute Gasteiger partial charge is 0.163 e. The molecule has 0 amide bonds. The summed E-state index contributed by atoms with van der Waals surface area (Å²) in [6.45, 7) is 8.45. The number of benzene rings is 7. The van der Waals surface area contributed by atoms with Crippen molar-refractivity contribution in [2.45, 2.75) is 32.1 Å².